The van der Waals surface area contributed by atoms with Crippen LogP contribution in [-0.2, 0) is 0 Å². The predicted molar refractivity (Wildman–Crippen MR) is 77.9 cm³/mol. The highest BCUT2D eigenvalue weighted by molar-refractivity contribution is 7.98. The average Bonchev–Trinajstić information content (AvgIpc) is 2.32. The standard InChI is InChI=1S/C14H28N2S/c1-13(2)11-15-14(7-5-4-6-8-14)12-16(13)9-10-17-3/h15H,4-12H2,1-3H3. The van der Waals surface area contributed by atoms with Crippen LogP contribution in [0.5, 0.6) is 0 Å². The van der Waals surface area contributed by atoms with Crippen molar-refractivity contribution in [3.8, 4) is 0 Å². The highest BCUT2D eigenvalue weighted by Gasteiger charge is 2.42. The van der Waals surface area contributed by atoms with E-state index in [1.165, 1.54) is 50.9 Å². The van der Waals surface area contributed by atoms with Gasteiger partial charge in [0.05, 0.1) is 0 Å². The maximum Gasteiger partial charge on any atom is 0.0309 e. The van der Waals surface area contributed by atoms with Crippen LogP contribution in [0.25, 0.3) is 0 Å². The highest BCUT2D eigenvalue weighted by atomic mass is 32.2. The first-order valence-corrected chi connectivity index (χ1v) is 8.46. The van der Waals surface area contributed by atoms with Crippen LogP contribution in [-0.4, -0.2) is 47.6 Å². The Morgan fingerprint density at radius 1 is 1.18 bits per heavy atom. The Bertz CT molecular complexity index is 247. The molecule has 1 spiro atoms. The molecule has 1 saturated heterocycles. The van der Waals surface area contributed by atoms with Gasteiger partial charge in [-0.05, 0) is 32.9 Å². The van der Waals surface area contributed by atoms with Crippen molar-refractivity contribution >= 4 is 11.8 Å². The summed E-state index contributed by atoms with van der Waals surface area (Å²) in [6.07, 6.45) is 9.27. The normalized spacial score (nSPS) is 28.4. The van der Waals surface area contributed by atoms with Crippen LogP contribution in [0, 0.1) is 0 Å². The lowest BCUT2D eigenvalue weighted by Crippen LogP contribution is -2.68. The van der Waals surface area contributed by atoms with Gasteiger partial charge in [0, 0.05) is 36.5 Å². The van der Waals surface area contributed by atoms with E-state index in [1.807, 2.05) is 11.8 Å². The quantitative estimate of drug-likeness (QED) is 0.836. The predicted octanol–water partition coefficient (Wildman–Crippen LogP) is 2.74. The largest absolute Gasteiger partial charge is 0.308 e. The third-order valence-electron chi connectivity index (χ3n) is 4.62. The van der Waals surface area contributed by atoms with E-state index in [4.69, 9.17) is 0 Å². The van der Waals surface area contributed by atoms with Crippen molar-refractivity contribution in [1.82, 2.24) is 10.2 Å². The number of piperazine rings is 1. The summed E-state index contributed by atoms with van der Waals surface area (Å²) in [6.45, 7) is 8.44. The van der Waals surface area contributed by atoms with Crippen LogP contribution >= 0.6 is 11.8 Å². The van der Waals surface area contributed by atoms with E-state index in [1.54, 1.807) is 0 Å². The van der Waals surface area contributed by atoms with Crippen molar-refractivity contribution in [3.63, 3.8) is 0 Å². The Labute approximate surface area is 111 Å². The minimum absolute atomic E-state index is 0.332. The monoisotopic (exact) mass is 256 g/mol. The summed E-state index contributed by atoms with van der Waals surface area (Å²) < 4.78 is 0. The molecule has 2 nitrogen and oxygen atoms in total. The van der Waals surface area contributed by atoms with Gasteiger partial charge in [0.25, 0.3) is 0 Å². The first-order chi connectivity index (χ1) is 8.08. The van der Waals surface area contributed by atoms with E-state index < -0.39 is 0 Å². The Balaban J connectivity index is 2.00. The van der Waals surface area contributed by atoms with Gasteiger partial charge in [-0.1, -0.05) is 19.3 Å². The van der Waals surface area contributed by atoms with Crippen molar-refractivity contribution in [2.75, 3.05) is 31.6 Å². The second-order valence-electron chi connectivity index (χ2n) is 6.42. The van der Waals surface area contributed by atoms with Crippen LogP contribution in [0.4, 0.5) is 0 Å². The molecule has 3 heteroatoms. The molecule has 0 atom stereocenters. The summed E-state index contributed by atoms with van der Waals surface area (Å²) >= 11 is 1.97. The van der Waals surface area contributed by atoms with E-state index in [9.17, 15) is 0 Å². The Morgan fingerprint density at radius 2 is 1.88 bits per heavy atom. The summed E-state index contributed by atoms with van der Waals surface area (Å²) in [5.41, 5.74) is 0.782. The Hall–Kier alpha value is 0.270. The van der Waals surface area contributed by atoms with Crippen molar-refractivity contribution in [3.05, 3.63) is 0 Å². The Morgan fingerprint density at radius 3 is 2.53 bits per heavy atom. The average molecular weight is 256 g/mol. The van der Waals surface area contributed by atoms with Crippen molar-refractivity contribution in [2.45, 2.75) is 57.0 Å². The van der Waals surface area contributed by atoms with Gasteiger partial charge in [-0.3, -0.25) is 4.90 Å². The second-order valence-corrected chi connectivity index (χ2v) is 7.41. The number of rotatable bonds is 3. The van der Waals surface area contributed by atoms with Gasteiger partial charge in [-0.15, -0.1) is 0 Å². The van der Waals surface area contributed by atoms with E-state index in [0.717, 1.165) is 6.54 Å². The molecule has 0 aromatic carbocycles. The third kappa shape index (κ3) is 3.18. The van der Waals surface area contributed by atoms with Gasteiger partial charge in [-0.25, -0.2) is 0 Å². The van der Waals surface area contributed by atoms with E-state index in [2.05, 4.69) is 30.3 Å². The molecule has 0 unspecified atom stereocenters. The van der Waals surface area contributed by atoms with Crippen LogP contribution in [0.3, 0.4) is 0 Å². The van der Waals surface area contributed by atoms with Gasteiger partial charge in [0.2, 0.25) is 0 Å². The molecule has 0 aromatic rings. The van der Waals surface area contributed by atoms with Gasteiger partial charge >= 0.3 is 0 Å². The SMILES string of the molecule is CSCCN1CC2(CCCCC2)NCC1(C)C. The third-order valence-corrected chi connectivity index (χ3v) is 5.21. The molecule has 0 bridgehead atoms. The van der Waals surface area contributed by atoms with Crippen molar-refractivity contribution in [1.29, 1.82) is 0 Å². The van der Waals surface area contributed by atoms with E-state index in [-0.39, 0.29) is 0 Å². The summed E-state index contributed by atoms with van der Waals surface area (Å²) in [7, 11) is 0. The molecule has 2 aliphatic rings. The summed E-state index contributed by atoms with van der Waals surface area (Å²) in [6, 6.07) is 0. The van der Waals surface area contributed by atoms with Crippen molar-refractivity contribution in [2.24, 2.45) is 0 Å². The van der Waals surface area contributed by atoms with Crippen LogP contribution in [0.15, 0.2) is 0 Å². The molecule has 0 aromatic heterocycles. The zero-order valence-corrected chi connectivity index (χ0v) is 12.5. The maximum atomic E-state index is 3.88. The molecule has 17 heavy (non-hydrogen) atoms. The summed E-state index contributed by atoms with van der Waals surface area (Å²) in [5, 5.41) is 3.88. The van der Waals surface area contributed by atoms with Gasteiger partial charge in [0.15, 0.2) is 0 Å². The van der Waals surface area contributed by atoms with Crippen LogP contribution in [0.2, 0.25) is 0 Å². The molecular weight excluding hydrogens is 228 g/mol. The molecule has 100 valence electrons. The van der Waals surface area contributed by atoms with Gasteiger partial charge in [-0.2, -0.15) is 11.8 Å². The van der Waals surface area contributed by atoms with Crippen molar-refractivity contribution < 1.29 is 0 Å². The number of nitrogens with zero attached hydrogens (tertiary/aromatic N) is 1. The smallest absolute Gasteiger partial charge is 0.0309 e. The minimum atomic E-state index is 0.332. The molecule has 1 heterocycles. The lowest BCUT2D eigenvalue weighted by Gasteiger charge is -2.53. The van der Waals surface area contributed by atoms with Gasteiger partial charge < -0.3 is 5.32 Å². The maximum absolute atomic E-state index is 3.88. The number of hydrogen-bond donors (Lipinski definition) is 1. The fourth-order valence-electron chi connectivity index (χ4n) is 3.30. The summed E-state index contributed by atoms with van der Waals surface area (Å²) in [5.74, 6) is 1.26. The molecule has 1 aliphatic heterocycles. The lowest BCUT2D eigenvalue weighted by molar-refractivity contribution is 0.0156. The highest BCUT2D eigenvalue weighted by Crippen LogP contribution is 2.34. The van der Waals surface area contributed by atoms with Gasteiger partial charge in [0.1, 0.15) is 0 Å². The number of hydrogen-bond acceptors (Lipinski definition) is 3. The topological polar surface area (TPSA) is 15.3 Å². The molecule has 0 radical (unpaired) electrons. The van der Waals surface area contributed by atoms with Crippen LogP contribution < -0.4 is 5.32 Å². The zero-order chi connectivity index (χ0) is 12.4. The fraction of sp³-hybridized carbons (Fsp3) is 1.00. The first-order valence-electron chi connectivity index (χ1n) is 7.07. The van der Waals surface area contributed by atoms with Crippen LogP contribution in [0.1, 0.15) is 46.0 Å². The second kappa shape index (κ2) is 5.50. The molecule has 1 aliphatic carbocycles. The summed E-state index contributed by atoms with van der Waals surface area (Å²) in [4.78, 5) is 2.73. The number of thioether (sulfide) groups is 1. The molecular formula is C14H28N2S. The zero-order valence-electron chi connectivity index (χ0n) is 11.7. The lowest BCUT2D eigenvalue weighted by atomic mass is 9.78. The minimum Gasteiger partial charge on any atom is -0.308 e. The molecule has 2 rings (SSSR count). The number of nitrogens with one attached hydrogen (secondary N) is 1. The molecule has 1 saturated carbocycles. The fourth-order valence-corrected chi connectivity index (χ4v) is 3.70. The molecule has 2 fully saturated rings. The molecule has 0 amide bonds. The van der Waals surface area contributed by atoms with E-state index in [0.29, 0.717) is 11.1 Å². The van der Waals surface area contributed by atoms with E-state index >= 15 is 0 Å². The Kier molecular flexibility index (Phi) is 4.43. The first kappa shape index (κ1) is 13.7. The molecule has 1 N–H and O–H groups in total.